The monoisotopic (exact) mass is 329 g/mol. The Morgan fingerprint density at radius 3 is 2.83 bits per heavy atom. The van der Waals surface area contributed by atoms with Crippen LogP contribution in [0, 0.1) is 13.8 Å². The van der Waals surface area contributed by atoms with Gasteiger partial charge in [0.2, 0.25) is 11.8 Å². The first-order valence-electron chi connectivity index (χ1n) is 7.85. The second kappa shape index (κ2) is 7.77. The predicted molar refractivity (Wildman–Crippen MR) is 92.8 cm³/mol. The molecule has 1 atom stereocenters. The number of carbonyl (C=O) groups excluding carboxylic acids is 2. The molecule has 0 aromatic heterocycles. The van der Waals surface area contributed by atoms with Crippen LogP contribution in [0.15, 0.2) is 36.0 Å². The van der Waals surface area contributed by atoms with Gasteiger partial charge in [0.25, 0.3) is 0 Å². The molecule has 1 aromatic carbocycles. The van der Waals surface area contributed by atoms with Crippen molar-refractivity contribution < 1.29 is 14.4 Å². The molecular formula is C18H23N3O3. The maximum absolute atomic E-state index is 11.8. The molecule has 6 heteroatoms. The summed E-state index contributed by atoms with van der Waals surface area (Å²) in [7, 11) is 1.55. The Morgan fingerprint density at radius 2 is 2.17 bits per heavy atom. The van der Waals surface area contributed by atoms with Crippen LogP contribution < -0.4 is 5.32 Å². The van der Waals surface area contributed by atoms with Crippen molar-refractivity contribution in [2.75, 3.05) is 20.1 Å². The van der Waals surface area contributed by atoms with Crippen molar-refractivity contribution >= 4 is 17.5 Å². The van der Waals surface area contributed by atoms with Gasteiger partial charge in [-0.1, -0.05) is 23.9 Å². The van der Waals surface area contributed by atoms with E-state index < -0.39 is 0 Å². The fourth-order valence-electron chi connectivity index (χ4n) is 2.36. The average Bonchev–Trinajstić information content (AvgIpc) is 3.03. The van der Waals surface area contributed by atoms with Gasteiger partial charge in [-0.15, -0.1) is 0 Å². The summed E-state index contributed by atoms with van der Waals surface area (Å²) in [4.78, 5) is 29.9. The molecule has 0 saturated heterocycles. The molecule has 2 amide bonds. The van der Waals surface area contributed by atoms with Crippen LogP contribution in [0.2, 0.25) is 0 Å². The third-order valence-corrected chi connectivity index (χ3v) is 4.03. The fourth-order valence-corrected chi connectivity index (χ4v) is 2.36. The molecule has 6 nitrogen and oxygen atoms in total. The minimum atomic E-state index is -0.289. The molecule has 0 spiro atoms. The highest BCUT2D eigenvalue weighted by Gasteiger charge is 2.23. The first-order chi connectivity index (χ1) is 11.4. The number of aryl methyl sites for hydroxylation is 2. The molecule has 0 bridgehead atoms. The molecule has 1 aromatic rings. The zero-order valence-corrected chi connectivity index (χ0v) is 14.3. The Kier molecular flexibility index (Phi) is 5.73. The molecule has 128 valence electrons. The number of carbonyl (C=O) groups is 2. The number of nitrogens with zero attached hydrogens (tertiary/aromatic N) is 2. The minimum Gasteiger partial charge on any atom is -0.390 e. The molecule has 0 fully saturated rings. The molecule has 0 radical (unpaired) electrons. The molecule has 1 N–H and O–H groups in total. The Morgan fingerprint density at radius 1 is 1.42 bits per heavy atom. The third-order valence-electron chi connectivity index (χ3n) is 4.03. The number of benzene rings is 1. The largest absolute Gasteiger partial charge is 0.390 e. The van der Waals surface area contributed by atoms with E-state index in [2.05, 4.69) is 43.0 Å². The maximum Gasteiger partial charge on any atom is 0.246 e. The van der Waals surface area contributed by atoms with Gasteiger partial charge in [0.15, 0.2) is 0 Å². The van der Waals surface area contributed by atoms with Gasteiger partial charge in [-0.05, 0) is 42.7 Å². The summed E-state index contributed by atoms with van der Waals surface area (Å²) in [5.74, 6) is -0.529. The molecule has 1 unspecified atom stereocenters. The van der Waals surface area contributed by atoms with Crippen molar-refractivity contribution in [3.8, 4) is 0 Å². The summed E-state index contributed by atoms with van der Waals surface area (Å²) in [6.45, 7) is 7.86. The Labute approximate surface area is 142 Å². The van der Waals surface area contributed by atoms with Crippen molar-refractivity contribution in [3.05, 3.63) is 47.5 Å². The molecule has 1 aliphatic heterocycles. The minimum absolute atomic E-state index is 0.0115. The Hall–Kier alpha value is -2.63. The standard InChI is InChI=1S/C18H23N3O3/c1-5-18(23)21(4)11-17(22)19-10-15-9-16(20-24-15)14-7-6-12(2)13(3)8-14/h5-8,15H,1,9-11H2,2-4H3,(H,19,22). The average molecular weight is 329 g/mol. The predicted octanol–water partition coefficient (Wildman–Crippen LogP) is 1.56. The maximum atomic E-state index is 11.8. The summed E-state index contributed by atoms with van der Waals surface area (Å²) in [6, 6.07) is 6.18. The second-order valence-electron chi connectivity index (χ2n) is 5.97. The van der Waals surface area contributed by atoms with Crippen LogP contribution >= 0.6 is 0 Å². The van der Waals surface area contributed by atoms with E-state index >= 15 is 0 Å². The lowest BCUT2D eigenvalue weighted by molar-refractivity contribution is -0.131. The molecule has 1 heterocycles. The lowest BCUT2D eigenvalue weighted by atomic mass is 10.0. The summed E-state index contributed by atoms with van der Waals surface area (Å²) >= 11 is 0. The van der Waals surface area contributed by atoms with Gasteiger partial charge in [0.05, 0.1) is 18.8 Å². The number of hydrogen-bond donors (Lipinski definition) is 1. The molecule has 2 rings (SSSR count). The van der Waals surface area contributed by atoms with Crippen LogP contribution in [0.3, 0.4) is 0 Å². The van der Waals surface area contributed by atoms with Crippen LogP contribution in [-0.2, 0) is 14.4 Å². The summed E-state index contributed by atoms with van der Waals surface area (Å²) in [5.41, 5.74) is 4.38. The summed E-state index contributed by atoms with van der Waals surface area (Å²) in [5, 5.41) is 6.89. The number of nitrogens with one attached hydrogen (secondary N) is 1. The molecule has 24 heavy (non-hydrogen) atoms. The van der Waals surface area contributed by atoms with E-state index in [1.165, 1.54) is 22.1 Å². The van der Waals surface area contributed by atoms with E-state index in [0.29, 0.717) is 13.0 Å². The van der Waals surface area contributed by atoms with Gasteiger partial charge < -0.3 is 15.1 Å². The van der Waals surface area contributed by atoms with Gasteiger partial charge in [0.1, 0.15) is 6.10 Å². The highest BCUT2D eigenvalue weighted by molar-refractivity contribution is 6.01. The van der Waals surface area contributed by atoms with Crippen molar-refractivity contribution in [3.63, 3.8) is 0 Å². The summed E-state index contributed by atoms with van der Waals surface area (Å²) in [6.07, 6.45) is 1.63. The Balaban J connectivity index is 1.81. The van der Waals surface area contributed by atoms with Gasteiger partial charge in [-0.2, -0.15) is 0 Å². The first kappa shape index (κ1) is 17.7. The highest BCUT2D eigenvalue weighted by Crippen LogP contribution is 2.18. The first-order valence-corrected chi connectivity index (χ1v) is 7.85. The van der Waals surface area contributed by atoms with Crippen molar-refractivity contribution in [1.29, 1.82) is 0 Å². The lowest BCUT2D eigenvalue weighted by Gasteiger charge is -2.15. The lowest BCUT2D eigenvalue weighted by Crippen LogP contribution is -2.40. The van der Waals surface area contributed by atoms with Crippen LogP contribution in [0.1, 0.15) is 23.1 Å². The van der Waals surface area contributed by atoms with Crippen molar-refractivity contribution in [2.24, 2.45) is 5.16 Å². The zero-order valence-electron chi connectivity index (χ0n) is 14.3. The normalized spacial score (nSPS) is 16.1. The van der Waals surface area contributed by atoms with Crippen molar-refractivity contribution in [1.82, 2.24) is 10.2 Å². The second-order valence-corrected chi connectivity index (χ2v) is 5.97. The number of hydrogen-bond acceptors (Lipinski definition) is 4. The van der Waals surface area contributed by atoms with Gasteiger partial charge in [0, 0.05) is 13.5 Å². The van der Waals surface area contributed by atoms with Crippen LogP contribution in [0.4, 0.5) is 0 Å². The molecule has 0 saturated carbocycles. The van der Waals surface area contributed by atoms with Gasteiger partial charge in [-0.25, -0.2) is 0 Å². The van der Waals surface area contributed by atoms with E-state index in [4.69, 9.17) is 4.84 Å². The highest BCUT2D eigenvalue weighted by atomic mass is 16.6. The zero-order chi connectivity index (χ0) is 17.7. The molecular weight excluding hydrogens is 306 g/mol. The quantitative estimate of drug-likeness (QED) is 0.805. The van der Waals surface area contributed by atoms with E-state index in [0.717, 1.165) is 11.3 Å². The van der Waals surface area contributed by atoms with E-state index in [1.807, 2.05) is 6.07 Å². The number of amides is 2. The Bertz CT molecular complexity index is 682. The van der Waals surface area contributed by atoms with Crippen LogP contribution in [0.5, 0.6) is 0 Å². The SMILES string of the molecule is C=CC(=O)N(C)CC(=O)NCC1CC(c2ccc(C)c(C)c2)=NO1. The van der Waals surface area contributed by atoms with E-state index in [9.17, 15) is 9.59 Å². The van der Waals surface area contributed by atoms with Crippen molar-refractivity contribution in [2.45, 2.75) is 26.4 Å². The number of oxime groups is 1. The molecule has 1 aliphatic rings. The van der Waals surface area contributed by atoms with Gasteiger partial charge >= 0.3 is 0 Å². The number of rotatable bonds is 6. The third kappa shape index (κ3) is 4.44. The smallest absolute Gasteiger partial charge is 0.246 e. The van der Waals surface area contributed by atoms with Crippen LogP contribution in [-0.4, -0.2) is 48.7 Å². The van der Waals surface area contributed by atoms with E-state index in [-0.39, 0.29) is 24.5 Å². The molecule has 0 aliphatic carbocycles. The topological polar surface area (TPSA) is 71.0 Å². The van der Waals surface area contributed by atoms with E-state index in [1.54, 1.807) is 7.05 Å². The van der Waals surface area contributed by atoms with Crippen LogP contribution in [0.25, 0.3) is 0 Å². The van der Waals surface area contributed by atoms with Gasteiger partial charge in [-0.3, -0.25) is 9.59 Å². The summed E-state index contributed by atoms with van der Waals surface area (Å²) < 4.78 is 0. The number of likely N-dealkylation sites (N-methyl/N-ethyl adjacent to an activating group) is 1. The fraction of sp³-hybridized carbons (Fsp3) is 0.389.